The third-order valence-corrected chi connectivity index (χ3v) is 3.71. The van der Waals surface area contributed by atoms with Gasteiger partial charge in [-0.1, -0.05) is 24.3 Å². The number of carbonyl (C=O) groups excluding carboxylic acids is 1. The van der Waals surface area contributed by atoms with Gasteiger partial charge >= 0.3 is 0 Å². The van der Waals surface area contributed by atoms with E-state index in [-0.39, 0.29) is 12.5 Å². The standard InChI is InChI=1S/C15H15N3O2/c19-14(13-9-16-7-8-17-13)18-10-15(20)6-5-11-3-1-2-4-12(11)15/h1-4,7-9,20H,5-6,10H2,(H,18,19)/p+1/t15-/m1/s1. The van der Waals surface area contributed by atoms with Gasteiger partial charge in [0, 0.05) is 0 Å². The highest BCUT2D eigenvalue weighted by atomic mass is 16.3. The first-order chi connectivity index (χ1) is 9.69. The fourth-order valence-electron chi connectivity index (χ4n) is 2.62. The first kappa shape index (κ1) is 12.7. The predicted octanol–water partition coefficient (Wildman–Crippen LogP) is 0.459. The molecule has 1 atom stereocenters. The van der Waals surface area contributed by atoms with Gasteiger partial charge in [0.2, 0.25) is 0 Å². The summed E-state index contributed by atoms with van der Waals surface area (Å²) in [7, 11) is 0. The van der Waals surface area contributed by atoms with E-state index in [1.54, 1.807) is 6.20 Å². The molecule has 0 fully saturated rings. The summed E-state index contributed by atoms with van der Waals surface area (Å²) in [6, 6.07) is 7.81. The summed E-state index contributed by atoms with van der Waals surface area (Å²) >= 11 is 0. The van der Waals surface area contributed by atoms with E-state index < -0.39 is 5.60 Å². The molecule has 5 heteroatoms. The summed E-state index contributed by atoms with van der Waals surface area (Å²) in [6.45, 7) is 0.194. The number of aromatic amines is 1. The zero-order valence-electron chi connectivity index (χ0n) is 11.0. The third kappa shape index (κ3) is 2.28. The molecule has 0 saturated carbocycles. The SMILES string of the molecule is O=C(NC[C@]1(O)CCc2ccccc21)c1c[nH+]ccn1. The Balaban J connectivity index is 1.72. The average Bonchev–Trinajstić information content (AvgIpc) is 2.84. The molecule has 1 heterocycles. The second-order valence-electron chi connectivity index (χ2n) is 5.01. The van der Waals surface area contributed by atoms with Crippen molar-refractivity contribution in [2.45, 2.75) is 18.4 Å². The van der Waals surface area contributed by atoms with E-state index in [4.69, 9.17) is 0 Å². The second kappa shape index (κ2) is 5.02. The number of aromatic nitrogens is 2. The van der Waals surface area contributed by atoms with E-state index in [0.29, 0.717) is 12.1 Å². The van der Waals surface area contributed by atoms with Crippen molar-refractivity contribution in [3.05, 3.63) is 59.7 Å². The minimum absolute atomic E-state index is 0.194. The minimum atomic E-state index is -0.981. The maximum absolute atomic E-state index is 12.0. The summed E-state index contributed by atoms with van der Waals surface area (Å²) in [5.41, 5.74) is 1.38. The van der Waals surface area contributed by atoms with Crippen LogP contribution < -0.4 is 10.3 Å². The number of hydrogen-bond acceptors (Lipinski definition) is 3. The van der Waals surface area contributed by atoms with Crippen LogP contribution in [0.4, 0.5) is 0 Å². The summed E-state index contributed by atoms with van der Waals surface area (Å²) in [6.07, 6.45) is 6.15. The van der Waals surface area contributed by atoms with Crippen molar-refractivity contribution in [1.82, 2.24) is 10.3 Å². The molecular weight excluding hydrogens is 254 g/mol. The molecule has 1 aromatic heterocycles. The normalized spacial score (nSPS) is 20.4. The zero-order valence-corrected chi connectivity index (χ0v) is 11.0. The molecule has 3 N–H and O–H groups in total. The van der Waals surface area contributed by atoms with Gasteiger partial charge in [-0.25, -0.2) is 9.97 Å². The fraction of sp³-hybridized carbons (Fsp3) is 0.267. The van der Waals surface area contributed by atoms with Gasteiger partial charge in [-0.3, -0.25) is 4.79 Å². The van der Waals surface area contributed by atoms with Crippen LogP contribution in [0.15, 0.2) is 42.9 Å². The fourth-order valence-corrected chi connectivity index (χ4v) is 2.62. The number of fused-ring (bicyclic) bond motifs is 1. The van der Waals surface area contributed by atoms with Crippen LogP contribution in [0.1, 0.15) is 28.0 Å². The van der Waals surface area contributed by atoms with Crippen LogP contribution >= 0.6 is 0 Å². The van der Waals surface area contributed by atoms with Gasteiger partial charge in [-0.2, -0.15) is 0 Å². The van der Waals surface area contributed by atoms with Crippen molar-refractivity contribution in [2.75, 3.05) is 6.54 Å². The molecule has 0 bridgehead atoms. The third-order valence-electron chi connectivity index (χ3n) is 3.71. The number of nitrogens with one attached hydrogen (secondary N) is 2. The lowest BCUT2D eigenvalue weighted by Crippen LogP contribution is -2.39. The number of benzene rings is 1. The number of rotatable bonds is 3. The molecule has 0 unspecified atom stereocenters. The van der Waals surface area contributed by atoms with Crippen LogP contribution in [-0.2, 0) is 12.0 Å². The first-order valence-corrected chi connectivity index (χ1v) is 6.60. The second-order valence-corrected chi connectivity index (χ2v) is 5.01. The van der Waals surface area contributed by atoms with Crippen molar-refractivity contribution in [1.29, 1.82) is 0 Å². The van der Waals surface area contributed by atoms with E-state index in [2.05, 4.69) is 15.3 Å². The highest BCUT2D eigenvalue weighted by Gasteiger charge is 2.36. The molecule has 0 saturated heterocycles. The molecule has 1 aromatic carbocycles. The Labute approximate surface area is 116 Å². The smallest absolute Gasteiger partial charge is 0.276 e. The van der Waals surface area contributed by atoms with Gasteiger partial charge in [0.05, 0.1) is 12.7 Å². The average molecular weight is 270 g/mol. The predicted molar refractivity (Wildman–Crippen MR) is 71.8 cm³/mol. The van der Waals surface area contributed by atoms with Gasteiger partial charge in [0.1, 0.15) is 5.60 Å². The van der Waals surface area contributed by atoms with Gasteiger partial charge in [0.25, 0.3) is 5.91 Å². The molecule has 0 radical (unpaired) electrons. The Hall–Kier alpha value is -2.27. The van der Waals surface area contributed by atoms with E-state index in [9.17, 15) is 9.90 Å². The molecular formula is C15H16N3O2+. The topological polar surface area (TPSA) is 76.4 Å². The maximum atomic E-state index is 12.0. The Morgan fingerprint density at radius 2 is 2.30 bits per heavy atom. The van der Waals surface area contributed by atoms with Gasteiger partial charge in [0.15, 0.2) is 18.1 Å². The van der Waals surface area contributed by atoms with Gasteiger partial charge < -0.3 is 10.4 Å². The molecule has 1 aliphatic carbocycles. The van der Waals surface area contributed by atoms with Crippen molar-refractivity contribution < 1.29 is 14.9 Å². The van der Waals surface area contributed by atoms with E-state index >= 15 is 0 Å². The van der Waals surface area contributed by atoms with Gasteiger partial charge in [-0.15, -0.1) is 0 Å². The highest BCUT2D eigenvalue weighted by Crippen LogP contribution is 2.36. The van der Waals surface area contributed by atoms with Crippen LogP contribution in [0.5, 0.6) is 0 Å². The monoisotopic (exact) mass is 270 g/mol. The quantitative estimate of drug-likeness (QED) is 0.850. The van der Waals surface area contributed by atoms with E-state index in [1.807, 2.05) is 24.3 Å². The van der Waals surface area contributed by atoms with Crippen LogP contribution in [-0.4, -0.2) is 22.5 Å². The van der Waals surface area contributed by atoms with Crippen LogP contribution in [0.2, 0.25) is 0 Å². The number of carbonyl (C=O) groups is 1. The minimum Gasteiger partial charge on any atom is -0.383 e. The number of aryl methyl sites for hydroxylation is 1. The Kier molecular flexibility index (Phi) is 3.20. The van der Waals surface area contributed by atoms with Crippen LogP contribution in [0, 0.1) is 0 Å². The van der Waals surface area contributed by atoms with E-state index in [1.165, 1.54) is 12.4 Å². The number of aliphatic hydroxyl groups is 1. The molecule has 0 aliphatic heterocycles. The molecule has 3 rings (SSSR count). The lowest BCUT2D eigenvalue weighted by molar-refractivity contribution is -0.379. The van der Waals surface area contributed by atoms with Crippen LogP contribution in [0.3, 0.4) is 0 Å². The first-order valence-electron chi connectivity index (χ1n) is 6.60. The molecule has 102 valence electrons. The molecule has 20 heavy (non-hydrogen) atoms. The lowest BCUT2D eigenvalue weighted by Gasteiger charge is -2.24. The Bertz CT molecular complexity index is 630. The van der Waals surface area contributed by atoms with Crippen molar-refractivity contribution in [3.63, 3.8) is 0 Å². The summed E-state index contributed by atoms with van der Waals surface area (Å²) < 4.78 is 0. The summed E-state index contributed by atoms with van der Waals surface area (Å²) in [5, 5.41) is 13.4. The number of H-pyrrole nitrogens is 1. The van der Waals surface area contributed by atoms with Crippen molar-refractivity contribution in [3.8, 4) is 0 Å². The molecule has 5 nitrogen and oxygen atoms in total. The van der Waals surface area contributed by atoms with E-state index in [0.717, 1.165) is 17.5 Å². The Morgan fingerprint density at radius 3 is 3.10 bits per heavy atom. The molecule has 1 aliphatic rings. The molecule has 1 amide bonds. The van der Waals surface area contributed by atoms with Crippen LogP contribution in [0.25, 0.3) is 0 Å². The Morgan fingerprint density at radius 1 is 1.45 bits per heavy atom. The lowest BCUT2D eigenvalue weighted by atomic mass is 9.96. The highest BCUT2D eigenvalue weighted by molar-refractivity contribution is 5.91. The van der Waals surface area contributed by atoms with Crippen molar-refractivity contribution >= 4 is 5.91 Å². The number of amides is 1. The van der Waals surface area contributed by atoms with Crippen molar-refractivity contribution in [2.24, 2.45) is 0 Å². The maximum Gasteiger partial charge on any atom is 0.276 e. The van der Waals surface area contributed by atoms with Gasteiger partial charge in [-0.05, 0) is 24.0 Å². The largest absolute Gasteiger partial charge is 0.383 e. The summed E-state index contributed by atoms with van der Waals surface area (Å²) in [5.74, 6) is -0.292. The number of hydrogen-bond donors (Lipinski definition) is 2. The zero-order chi connectivity index (χ0) is 14.0. The summed E-state index contributed by atoms with van der Waals surface area (Å²) in [4.78, 5) is 18.7. The number of nitrogens with zero attached hydrogens (tertiary/aromatic N) is 1. The molecule has 0 spiro atoms. The molecule has 2 aromatic rings.